The summed E-state index contributed by atoms with van der Waals surface area (Å²) in [7, 11) is 0. The van der Waals surface area contributed by atoms with Gasteiger partial charge in [0.15, 0.2) is 0 Å². The third kappa shape index (κ3) is 2.22. The van der Waals surface area contributed by atoms with Crippen molar-refractivity contribution >= 4 is 11.4 Å². The highest BCUT2D eigenvalue weighted by atomic mass is 19.1. The predicted molar refractivity (Wildman–Crippen MR) is 67.6 cm³/mol. The molecule has 4 heteroatoms. The maximum atomic E-state index is 13.7. The molecule has 0 bridgehead atoms. The van der Waals surface area contributed by atoms with Crippen molar-refractivity contribution in [3.63, 3.8) is 0 Å². The number of anilines is 2. The fourth-order valence-electron chi connectivity index (χ4n) is 2.24. The van der Waals surface area contributed by atoms with Gasteiger partial charge in [-0.25, -0.2) is 4.39 Å². The molecule has 1 aromatic rings. The van der Waals surface area contributed by atoms with Crippen molar-refractivity contribution in [2.45, 2.75) is 38.7 Å². The number of nitrogens with two attached hydrogens (primary N) is 1. The summed E-state index contributed by atoms with van der Waals surface area (Å²) in [5, 5.41) is 13.1. The number of aryl methyl sites for hydroxylation is 1. The second kappa shape index (κ2) is 4.18. The lowest BCUT2D eigenvalue weighted by atomic mass is 9.80. The first-order valence-electron chi connectivity index (χ1n) is 5.94. The van der Waals surface area contributed by atoms with E-state index in [1.54, 1.807) is 19.9 Å². The Morgan fingerprint density at radius 3 is 2.65 bits per heavy atom. The van der Waals surface area contributed by atoms with Crippen LogP contribution in [0.3, 0.4) is 0 Å². The van der Waals surface area contributed by atoms with Crippen molar-refractivity contribution < 1.29 is 9.50 Å². The number of hydrogen-bond acceptors (Lipinski definition) is 3. The number of rotatable bonds is 3. The molecule has 0 unspecified atom stereocenters. The topological polar surface area (TPSA) is 58.3 Å². The number of aliphatic hydroxyl groups is 1. The first-order valence-corrected chi connectivity index (χ1v) is 5.94. The summed E-state index contributed by atoms with van der Waals surface area (Å²) in [6.07, 6.45) is 2.65. The zero-order valence-electron chi connectivity index (χ0n) is 10.3. The van der Waals surface area contributed by atoms with Gasteiger partial charge >= 0.3 is 0 Å². The SMILES string of the molecule is Cc1cc(N)c(NCC2(O)CCC2)c(C)c1F. The molecule has 3 nitrogen and oxygen atoms in total. The van der Waals surface area contributed by atoms with E-state index < -0.39 is 5.60 Å². The van der Waals surface area contributed by atoms with E-state index in [1.807, 2.05) is 0 Å². The lowest BCUT2D eigenvalue weighted by Crippen LogP contribution is -2.43. The van der Waals surface area contributed by atoms with Gasteiger partial charge in [-0.2, -0.15) is 0 Å². The molecule has 1 saturated carbocycles. The maximum Gasteiger partial charge on any atom is 0.131 e. The van der Waals surface area contributed by atoms with Gasteiger partial charge in [0, 0.05) is 12.1 Å². The van der Waals surface area contributed by atoms with Crippen molar-refractivity contribution in [3.8, 4) is 0 Å². The molecule has 0 radical (unpaired) electrons. The monoisotopic (exact) mass is 238 g/mol. The number of halogens is 1. The molecule has 4 N–H and O–H groups in total. The van der Waals surface area contributed by atoms with Gasteiger partial charge in [0.25, 0.3) is 0 Å². The van der Waals surface area contributed by atoms with Crippen LogP contribution >= 0.6 is 0 Å². The minimum atomic E-state index is -0.639. The molecular weight excluding hydrogens is 219 g/mol. The fourth-order valence-corrected chi connectivity index (χ4v) is 2.24. The maximum absolute atomic E-state index is 13.7. The van der Waals surface area contributed by atoms with Crippen LogP contribution in [0.1, 0.15) is 30.4 Å². The number of benzene rings is 1. The first-order chi connectivity index (χ1) is 7.93. The summed E-state index contributed by atoms with van der Waals surface area (Å²) in [6, 6.07) is 1.62. The Bertz CT molecular complexity index is 442. The molecule has 1 aromatic carbocycles. The van der Waals surface area contributed by atoms with Gasteiger partial charge in [0.2, 0.25) is 0 Å². The van der Waals surface area contributed by atoms with E-state index in [2.05, 4.69) is 5.32 Å². The van der Waals surface area contributed by atoms with E-state index in [0.717, 1.165) is 19.3 Å². The zero-order chi connectivity index (χ0) is 12.6. The van der Waals surface area contributed by atoms with Gasteiger partial charge in [0.05, 0.1) is 17.0 Å². The van der Waals surface area contributed by atoms with Crippen LogP contribution in [-0.2, 0) is 0 Å². The minimum absolute atomic E-state index is 0.234. The molecular formula is C13H19FN2O. The fraction of sp³-hybridized carbons (Fsp3) is 0.538. The molecule has 0 atom stereocenters. The van der Waals surface area contributed by atoms with E-state index in [0.29, 0.717) is 29.0 Å². The molecule has 0 spiro atoms. The van der Waals surface area contributed by atoms with Gasteiger partial charge in [-0.15, -0.1) is 0 Å². The van der Waals surface area contributed by atoms with Crippen LogP contribution in [0.2, 0.25) is 0 Å². The largest absolute Gasteiger partial charge is 0.397 e. The van der Waals surface area contributed by atoms with E-state index in [-0.39, 0.29) is 5.82 Å². The zero-order valence-corrected chi connectivity index (χ0v) is 10.3. The van der Waals surface area contributed by atoms with Gasteiger partial charge in [-0.05, 0) is 44.7 Å². The van der Waals surface area contributed by atoms with Crippen molar-refractivity contribution in [2.24, 2.45) is 0 Å². The van der Waals surface area contributed by atoms with Crippen molar-refractivity contribution in [2.75, 3.05) is 17.6 Å². The molecule has 0 amide bonds. The van der Waals surface area contributed by atoms with Crippen LogP contribution in [0.4, 0.5) is 15.8 Å². The van der Waals surface area contributed by atoms with Crippen LogP contribution in [0.25, 0.3) is 0 Å². The second-order valence-electron chi connectivity index (χ2n) is 5.03. The van der Waals surface area contributed by atoms with Crippen molar-refractivity contribution in [3.05, 3.63) is 23.0 Å². The smallest absolute Gasteiger partial charge is 0.131 e. The van der Waals surface area contributed by atoms with Crippen molar-refractivity contribution in [1.29, 1.82) is 0 Å². The third-order valence-electron chi connectivity index (χ3n) is 3.59. The highest BCUT2D eigenvalue weighted by Crippen LogP contribution is 2.34. The van der Waals surface area contributed by atoms with Crippen LogP contribution < -0.4 is 11.1 Å². The predicted octanol–water partition coefficient (Wildman–Crippen LogP) is 2.35. The lowest BCUT2D eigenvalue weighted by Gasteiger charge is -2.37. The first kappa shape index (κ1) is 12.2. The molecule has 1 aliphatic rings. The Labute approximate surface area is 101 Å². The van der Waals surface area contributed by atoms with Crippen LogP contribution in [0.15, 0.2) is 6.07 Å². The average Bonchev–Trinajstić information content (AvgIpc) is 2.23. The summed E-state index contributed by atoms with van der Waals surface area (Å²) < 4.78 is 13.7. The summed E-state index contributed by atoms with van der Waals surface area (Å²) in [4.78, 5) is 0. The Balaban J connectivity index is 2.18. The summed E-state index contributed by atoms with van der Waals surface area (Å²) in [6.45, 7) is 3.83. The summed E-state index contributed by atoms with van der Waals surface area (Å²) >= 11 is 0. The number of hydrogen-bond donors (Lipinski definition) is 3. The Morgan fingerprint density at radius 1 is 1.47 bits per heavy atom. The molecule has 0 saturated heterocycles. The van der Waals surface area contributed by atoms with E-state index in [1.165, 1.54) is 0 Å². The van der Waals surface area contributed by atoms with E-state index in [4.69, 9.17) is 5.73 Å². The van der Waals surface area contributed by atoms with Crippen molar-refractivity contribution in [1.82, 2.24) is 0 Å². The molecule has 0 heterocycles. The minimum Gasteiger partial charge on any atom is -0.397 e. The summed E-state index contributed by atoms with van der Waals surface area (Å²) in [5.41, 5.74) is 7.44. The summed E-state index contributed by atoms with van der Waals surface area (Å²) in [5.74, 6) is -0.234. The van der Waals surface area contributed by atoms with Crippen LogP contribution in [0, 0.1) is 19.7 Å². The Hall–Kier alpha value is -1.29. The van der Waals surface area contributed by atoms with Crippen LogP contribution in [-0.4, -0.2) is 17.3 Å². The highest BCUT2D eigenvalue weighted by Gasteiger charge is 2.34. The molecule has 2 rings (SSSR count). The molecule has 1 fully saturated rings. The lowest BCUT2D eigenvalue weighted by molar-refractivity contribution is -0.0201. The van der Waals surface area contributed by atoms with Gasteiger partial charge < -0.3 is 16.2 Å². The second-order valence-corrected chi connectivity index (χ2v) is 5.03. The van der Waals surface area contributed by atoms with Gasteiger partial charge in [0.1, 0.15) is 5.82 Å². The standard InChI is InChI=1S/C13H19FN2O/c1-8-6-10(15)12(9(2)11(8)14)16-7-13(17)4-3-5-13/h6,16-17H,3-5,7,15H2,1-2H3. The Kier molecular flexibility index (Phi) is 3.00. The molecule has 0 aromatic heterocycles. The van der Waals surface area contributed by atoms with Gasteiger partial charge in [-0.1, -0.05) is 0 Å². The normalized spacial score (nSPS) is 17.6. The molecule has 1 aliphatic carbocycles. The van der Waals surface area contributed by atoms with Gasteiger partial charge in [-0.3, -0.25) is 0 Å². The quantitative estimate of drug-likeness (QED) is 0.708. The average molecular weight is 238 g/mol. The Morgan fingerprint density at radius 2 is 2.12 bits per heavy atom. The van der Waals surface area contributed by atoms with E-state index >= 15 is 0 Å². The molecule has 0 aliphatic heterocycles. The number of nitrogen functional groups attached to an aromatic ring is 1. The molecule has 94 valence electrons. The van der Waals surface area contributed by atoms with Crippen LogP contribution in [0.5, 0.6) is 0 Å². The third-order valence-corrected chi connectivity index (χ3v) is 3.59. The molecule has 17 heavy (non-hydrogen) atoms. The highest BCUT2D eigenvalue weighted by molar-refractivity contribution is 5.71. The number of nitrogens with one attached hydrogen (secondary N) is 1. The van der Waals surface area contributed by atoms with E-state index in [9.17, 15) is 9.50 Å².